The van der Waals surface area contributed by atoms with Crippen LogP contribution in [0, 0.1) is 5.92 Å². The van der Waals surface area contributed by atoms with E-state index >= 15 is 0 Å². The third kappa shape index (κ3) is 4.86. The number of halogens is 3. The highest BCUT2D eigenvalue weighted by Crippen LogP contribution is 2.37. The number of para-hydroxylation sites is 1. The fourth-order valence-corrected chi connectivity index (χ4v) is 4.69. The van der Waals surface area contributed by atoms with E-state index in [0.29, 0.717) is 29.2 Å². The summed E-state index contributed by atoms with van der Waals surface area (Å²) in [5, 5.41) is 23.3. The Morgan fingerprint density at radius 1 is 1.14 bits per heavy atom. The average Bonchev–Trinajstić information content (AvgIpc) is 3.41. The Morgan fingerprint density at radius 2 is 1.92 bits per heavy atom. The van der Waals surface area contributed by atoms with E-state index in [-0.39, 0.29) is 11.7 Å². The zero-order chi connectivity index (χ0) is 26.3. The zero-order valence-electron chi connectivity index (χ0n) is 20.1. The van der Waals surface area contributed by atoms with Crippen molar-refractivity contribution in [3.8, 4) is 17.1 Å². The Hall–Kier alpha value is -3.98. The van der Waals surface area contributed by atoms with Gasteiger partial charge in [0.2, 0.25) is 11.7 Å². The fraction of sp³-hybridized carbons (Fsp3) is 0.409. The number of anilines is 2. The molecule has 0 radical (unpaired) electrons. The molecule has 0 bridgehead atoms. The monoisotopic (exact) mass is 518 g/mol. The van der Waals surface area contributed by atoms with Crippen LogP contribution in [0.15, 0.2) is 36.4 Å². The summed E-state index contributed by atoms with van der Waals surface area (Å²) in [6, 6.07) is 8.66. The van der Waals surface area contributed by atoms with Gasteiger partial charge >= 0.3 is 6.18 Å². The van der Waals surface area contributed by atoms with Crippen LogP contribution in [0.5, 0.6) is 5.75 Å². The number of amides is 1. The number of alkyl halides is 3. The SMILES string of the molecule is COc1c(NC2CC(Nc3cccc(C(F)(F)F)n3)NC3NN(C)C(=O)C23)cccc1-c1nnn(C)n1. The quantitative estimate of drug-likeness (QED) is 0.380. The van der Waals surface area contributed by atoms with Crippen LogP contribution in [0.2, 0.25) is 0 Å². The van der Waals surface area contributed by atoms with Crippen LogP contribution in [-0.4, -0.2) is 68.6 Å². The minimum Gasteiger partial charge on any atom is -0.494 e. The van der Waals surface area contributed by atoms with E-state index in [0.717, 1.165) is 6.07 Å². The summed E-state index contributed by atoms with van der Waals surface area (Å²) in [5.74, 6) is 0.286. The molecule has 0 spiro atoms. The molecule has 0 saturated carbocycles. The van der Waals surface area contributed by atoms with Crippen molar-refractivity contribution in [2.75, 3.05) is 24.8 Å². The van der Waals surface area contributed by atoms with Gasteiger partial charge in [0.05, 0.1) is 43.7 Å². The number of nitrogens with zero attached hydrogens (tertiary/aromatic N) is 6. The highest BCUT2D eigenvalue weighted by atomic mass is 19.4. The molecule has 4 heterocycles. The minimum atomic E-state index is -4.56. The zero-order valence-corrected chi connectivity index (χ0v) is 20.1. The number of pyridine rings is 1. The van der Waals surface area contributed by atoms with Gasteiger partial charge in [-0.05, 0) is 29.5 Å². The van der Waals surface area contributed by atoms with E-state index in [1.54, 1.807) is 26.2 Å². The Balaban J connectivity index is 1.43. The first-order chi connectivity index (χ1) is 17.6. The molecule has 5 rings (SSSR count). The maximum Gasteiger partial charge on any atom is 0.433 e. The van der Waals surface area contributed by atoms with Crippen molar-refractivity contribution in [1.29, 1.82) is 0 Å². The van der Waals surface area contributed by atoms with Crippen molar-refractivity contribution in [2.24, 2.45) is 13.0 Å². The van der Waals surface area contributed by atoms with Gasteiger partial charge in [0, 0.05) is 19.5 Å². The van der Waals surface area contributed by atoms with Gasteiger partial charge in [0.15, 0.2) is 5.75 Å². The highest BCUT2D eigenvalue weighted by molar-refractivity contribution is 5.83. The number of aryl methyl sites for hydroxylation is 1. The number of fused-ring (bicyclic) bond motifs is 1. The second-order valence-electron chi connectivity index (χ2n) is 8.77. The standard InChI is InChI=1S/C22H25F3N10O2/c1-34-21(36)17-13(26-12-7-4-6-11(18(12)37-3)19-30-33-35(2)32-19)10-16(29-20(17)31-34)28-15-9-5-8-14(27-15)22(23,24)25/h4-9,13,16-17,20,26,29,31H,10H2,1-3H3,(H,27,28). The van der Waals surface area contributed by atoms with E-state index < -0.39 is 36.2 Å². The first kappa shape index (κ1) is 24.7. The smallest absolute Gasteiger partial charge is 0.433 e. The number of carbonyl (C=O) groups excluding carboxylic acids is 1. The summed E-state index contributed by atoms with van der Waals surface area (Å²) in [6.45, 7) is 0. The summed E-state index contributed by atoms with van der Waals surface area (Å²) in [5.41, 5.74) is 3.30. The number of piperidine rings is 1. The van der Waals surface area contributed by atoms with Crippen LogP contribution in [0.1, 0.15) is 12.1 Å². The summed E-state index contributed by atoms with van der Waals surface area (Å²) < 4.78 is 45.1. The van der Waals surface area contributed by atoms with E-state index in [1.807, 2.05) is 6.07 Å². The average molecular weight is 519 g/mol. The van der Waals surface area contributed by atoms with Gasteiger partial charge in [-0.25, -0.2) is 10.4 Å². The number of nitrogens with one attached hydrogen (secondary N) is 4. The van der Waals surface area contributed by atoms with Crippen molar-refractivity contribution < 1.29 is 22.7 Å². The number of hydrazine groups is 1. The van der Waals surface area contributed by atoms with Crippen molar-refractivity contribution in [1.82, 2.24) is 40.9 Å². The number of aromatic nitrogens is 5. The summed E-state index contributed by atoms with van der Waals surface area (Å²) in [7, 11) is 4.80. The maximum absolute atomic E-state index is 13.1. The van der Waals surface area contributed by atoms with E-state index in [1.165, 1.54) is 29.0 Å². The molecule has 0 aliphatic carbocycles. The van der Waals surface area contributed by atoms with Gasteiger partial charge in [-0.1, -0.05) is 12.1 Å². The molecule has 1 amide bonds. The normalized spacial score (nSPS) is 23.6. The van der Waals surface area contributed by atoms with Crippen molar-refractivity contribution in [2.45, 2.75) is 31.0 Å². The summed E-state index contributed by atoms with van der Waals surface area (Å²) >= 11 is 0. The molecular weight excluding hydrogens is 493 g/mol. The molecule has 15 heteroatoms. The maximum atomic E-state index is 13.1. The number of methoxy groups -OCH3 is 1. The lowest BCUT2D eigenvalue weighted by Gasteiger charge is -2.39. The number of hydrogen-bond donors (Lipinski definition) is 4. The molecule has 4 atom stereocenters. The molecule has 4 N–H and O–H groups in total. The molecule has 3 aromatic rings. The third-order valence-corrected chi connectivity index (χ3v) is 6.28. The Labute approximate surface area is 209 Å². The first-order valence-electron chi connectivity index (χ1n) is 11.4. The minimum absolute atomic E-state index is 0.0653. The van der Waals surface area contributed by atoms with Crippen molar-refractivity contribution in [3.05, 3.63) is 42.1 Å². The lowest BCUT2D eigenvalue weighted by atomic mass is 9.88. The third-order valence-electron chi connectivity index (χ3n) is 6.28. The topological polar surface area (TPSA) is 134 Å². The van der Waals surface area contributed by atoms with Crippen LogP contribution in [0.4, 0.5) is 24.7 Å². The predicted molar refractivity (Wildman–Crippen MR) is 126 cm³/mol. The Bertz CT molecular complexity index is 1300. The molecule has 2 aromatic heterocycles. The van der Waals surface area contributed by atoms with Gasteiger partial charge in [-0.2, -0.15) is 18.0 Å². The summed E-state index contributed by atoms with van der Waals surface area (Å²) in [4.78, 5) is 18.0. The number of tetrazole rings is 1. The van der Waals surface area contributed by atoms with Gasteiger partial charge in [0.1, 0.15) is 11.5 Å². The number of carbonyl (C=O) groups is 1. The lowest BCUT2D eigenvalue weighted by Crippen LogP contribution is -2.60. The molecule has 2 aliphatic heterocycles. The molecule has 2 aliphatic rings. The first-order valence-corrected chi connectivity index (χ1v) is 11.4. The second kappa shape index (κ2) is 9.48. The van der Waals surface area contributed by atoms with Crippen molar-refractivity contribution in [3.63, 3.8) is 0 Å². The molecule has 4 unspecified atom stereocenters. The Morgan fingerprint density at radius 3 is 2.62 bits per heavy atom. The highest BCUT2D eigenvalue weighted by Gasteiger charge is 2.48. The largest absolute Gasteiger partial charge is 0.494 e. The molecule has 196 valence electrons. The van der Waals surface area contributed by atoms with Crippen LogP contribution < -0.4 is 26.1 Å². The molecule has 12 nitrogen and oxygen atoms in total. The second-order valence-corrected chi connectivity index (χ2v) is 8.77. The van der Waals surface area contributed by atoms with Gasteiger partial charge in [-0.15, -0.1) is 10.2 Å². The van der Waals surface area contributed by atoms with Gasteiger partial charge < -0.3 is 15.4 Å². The predicted octanol–water partition coefficient (Wildman–Crippen LogP) is 1.43. The number of hydrogen-bond acceptors (Lipinski definition) is 10. The molecule has 37 heavy (non-hydrogen) atoms. The molecule has 1 aromatic carbocycles. The number of ether oxygens (including phenoxy) is 1. The fourth-order valence-electron chi connectivity index (χ4n) is 4.69. The van der Waals surface area contributed by atoms with Crippen LogP contribution in [0.3, 0.4) is 0 Å². The molecular formula is C22H25F3N10O2. The van der Waals surface area contributed by atoms with Gasteiger partial charge in [0.25, 0.3) is 0 Å². The van der Waals surface area contributed by atoms with Crippen LogP contribution in [-0.2, 0) is 18.0 Å². The van der Waals surface area contributed by atoms with Gasteiger partial charge in [-0.3, -0.25) is 15.1 Å². The van der Waals surface area contributed by atoms with Crippen molar-refractivity contribution >= 4 is 17.4 Å². The van der Waals surface area contributed by atoms with E-state index in [4.69, 9.17) is 4.74 Å². The Kier molecular flexibility index (Phi) is 6.33. The lowest BCUT2D eigenvalue weighted by molar-refractivity contribution is -0.141. The van der Waals surface area contributed by atoms with E-state index in [2.05, 4.69) is 41.8 Å². The molecule has 2 fully saturated rings. The number of benzene rings is 1. The van der Waals surface area contributed by atoms with Crippen LogP contribution in [0.25, 0.3) is 11.4 Å². The molecule has 2 saturated heterocycles. The summed E-state index contributed by atoms with van der Waals surface area (Å²) in [6.07, 6.45) is -5.19. The number of rotatable bonds is 6. The van der Waals surface area contributed by atoms with E-state index in [9.17, 15) is 18.0 Å². The van der Waals surface area contributed by atoms with Crippen LogP contribution >= 0.6 is 0 Å².